The molecular formula is C14H15BrClNO6. The highest BCUT2D eigenvalue weighted by Gasteiger charge is 2.45. The van der Waals surface area contributed by atoms with E-state index in [1.807, 2.05) is 0 Å². The summed E-state index contributed by atoms with van der Waals surface area (Å²) in [6.45, 7) is -0.530. The van der Waals surface area contributed by atoms with Crippen molar-refractivity contribution in [2.24, 2.45) is 0 Å². The van der Waals surface area contributed by atoms with Gasteiger partial charge < -0.3 is 34.9 Å². The smallest absolute Gasteiger partial charge is 0.195 e. The van der Waals surface area contributed by atoms with Crippen molar-refractivity contribution in [1.82, 2.24) is 4.98 Å². The third-order valence-electron chi connectivity index (χ3n) is 3.77. The van der Waals surface area contributed by atoms with Gasteiger partial charge in [-0.3, -0.25) is 0 Å². The van der Waals surface area contributed by atoms with Crippen molar-refractivity contribution in [3.63, 3.8) is 0 Å². The number of aromatic nitrogens is 1. The fourth-order valence-corrected chi connectivity index (χ4v) is 3.09. The van der Waals surface area contributed by atoms with Crippen LogP contribution in [0.4, 0.5) is 0 Å². The first-order chi connectivity index (χ1) is 10.9. The lowest BCUT2D eigenvalue weighted by molar-refractivity contribution is -0.280. The molecule has 0 aliphatic carbocycles. The Kier molecular flexibility index (Phi) is 4.84. The van der Waals surface area contributed by atoms with Crippen molar-refractivity contribution >= 4 is 38.4 Å². The molecule has 9 heteroatoms. The summed E-state index contributed by atoms with van der Waals surface area (Å²) in [4.78, 5) is 2.96. The normalized spacial score (nSPS) is 31.5. The number of benzene rings is 1. The van der Waals surface area contributed by atoms with Gasteiger partial charge in [0.05, 0.1) is 11.6 Å². The minimum Gasteiger partial charge on any atom is -0.467 e. The number of nitrogens with one attached hydrogen (secondary N) is 1. The number of H-pyrrole nitrogens is 1. The molecule has 1 unspecified atom stereocenters. The van der Waals surface area contributed by atoms with Crippen LogP contribution in [0.3, 0.4) is 0 Å². The molecule has 0 saturated carbocycles. The number of halogens is 2. The molecular weight excluding hydrogens is 394 g/mol. The number of aromatic amines is 1. The molecule has 0 spiro atoms. The van der Waals surface area contributed by atoms with Crippen molar-refractivity contribution in [3.05, 3.63) is 27.7 Å². The maximum absolute atomic E-state index is 10.1. The molecule has 1 aliphatic rings. The summed E-state index contributed by atoms with van der Waals surface area (Å²) < 4.78 is 11.3. The summed E-state index contributed by atoms with van der Waals surface area (Å²) in [6, 6.07) is 5.18. The number of rotatable bonds is 3. The first kappa shape index (κ1) is 17.0. The Morgan fingerprint density at radius 3 is 2.70 bits per heavy atom. The number of hydrogen-bond donors (Lipinski definition) is 5. The van der Waals surface area contributed by atoms with Crippen LogP contribution in [0.15, 0.2) is 22.7 Å². The quantitative estimate of drug-likeness (QED) is 0.512. The molecule has 0 radical (unpaired) electrons. The van der Waals surface area contributed by atoms with Gasteiger partial charge in [0.15, 0.2) is 18.3 Å². The molecule has 7 nitrogen and oxygen atoms in total. The van der Waals surface area contributed by atoms with Crippen LogP contribution in [0, 0.1) is 0 Å². The Morgan fingerprint density at radius 2 is 2.00 bits per heavy atom. The van der Waals surface area contributed by atoms with E-state index in [0.717, 1.165) is 4.47 Å². The molecule has 1 aromatic heterocycles. The number of aliphatic hydroxyl groups is 4. The SMILES string of the molecule is OC[C@H]1OC(O)[C@H](Oc2cc3c(Cl)c(Br)ccc3[nH]2)[C@@H](O)[C@H]1O. The van der Waals surface area contributed by atoms with Gasteiger partial charge in [-0.2, -0.15) is 0 Å². The standard InChI is InChI=1S/C14H15BrClNO6/c15-6-1-2-7-5(10(6)16)3-9(17-7)23-13-12(20)11(19)8(4-18)22-14(13)21/h1-3,8,11-14,17-21H,4H2/t8-,11+,12+,13-,14?/m1/s1. The maximum atomic E-state index is 10.1. The molecule has 1 aliphatic heterocycles. The molecule has 2 aromatic rings. The third-order valence-corrected chi connectivity index (χ3v) is 5.07. The Bertz CT molecular complexity index is 710. The highest BCUT2D eigenvalue weighted by molar-refractivity contribution is 9.10. The van der Waals surface area contributed by atoms with Gasteiger partial charge in [-0.05, 0) is 28.1 Å². The predicted octanol–water partition coefficient (Wildman–Crippen LogP) is 0.762. The maximum Gasteiger partial charge on any atom is 0.195 e. The van der Waals surface area contributed by atoms with Crippen LogP contribution in [0.1, 0.15) is 0 Å². The zero-order chi connectivity index (χ0) is 16.7. The van der Waals surface area contributed by atoms with Crippen molar-refractivity contribution in [2.75, 3.05) is 6.61 Å². The largest absolute Gasteiger partial charge is 0.467 e. The molecule has 2 heterocycles. The Hall–Kier alpha value is -0.870. The fourth-order valence-electron chi connectivity index (χ4n) is 2.53. The summed E-state index contributed by atoms with van der Waals surface area (Å²) in [6.07, 6.45) is -6.60. The fraction of sp³-hybridized carbons (Fsp3) is 0.429. The van der Waals surface area contributed by atoms with Gasteiger partial charge in [0.1, 0.15) is 18.3 Å². The van der Waals surface area contributed by atoms with E-state index in [-0.39, 0.29) is 5.88 Å². The van der Waals surface area contributed by atoms with Crippen LogP contribution in [0.2, 0.25) is 5.02 Å². The van der Waals surface area contributed by atoms with Crippen LogP contribution in [0.5, 0.6) is 5.88 Å². The van der Waals surface area contributed by atoms with Crippen molar-refractivity contribution in [3.8, 4) is 5.88 Å². The van der Waals surface area contributed by atoms with Gasteiger partial charge in [-0.15, -0.1) is 0 Å². The first-order valence-corrected chi connectivity index (χ1v) is 8.03. The minimum atomic E-state index is -1.50. The molecule has 23 heavy (non-hydrogen) atoms. The van der Waals surface area contributed by atoms with E-state index >= 15 is 0 Å². The highest BCUT2D eigenvalue weighted by Crippen LogP contribution is 2.34. The topological polar surface area (TPSA) is 115 Å². The summed E-state index contributed by atoms with van der Waals surface area (Å²) in [7, 11) is 0. The number of aliphatic hydroxyl groups excluding tert-OH is 4. The molecule has 1 aromatic carbocycles. The van der Waals surface area contributed by atoms with E-state index in [9.17, 15) is 15.3 Å². The third kappa shape index (κ3) is 3.08. The van der Waals surface area contributed by atoms with Gasteiger partial charge in [0.25, 0.3) is 0 Å². The van der Waals surface area contributed by atoms with Gasteiger partial charge in [-0.1, -0.05) is 11.6 Å². The highest BCUT2D eigenvalue weighted by atomic mass is 79.9. The van der Waals surface area contributed by atoms with Gasteiger partial charge in [0.2, 0.25) is 0 Å². The van der Waals surface area contributed by atoms with Crippen molar-refractivity contribution in [2.45, 2.75) is 30.7 Å². The van der Waals surface area contributed by atoms with Crippen molar-refractivity contribution in [1.29, 1.82) is 0 Å². The second kappa shape index (κ2) is 6.56. The summed E-state index contributed by atoms with van der Waals surface area (Å²) in [5.41, 5.74) is 0.711. The zero-order valence-electron chi connectivity index (χ0n) is 11.7. The van der Waals surface area contributed by atoms with E-state index in [1.54, 1.807) is 18.2 Å². The number of hydrogen-bond acceptors (Lipinski definition) is 6. The molecule has 0 amide bonds. The second-order valence-electron chi connectivity index (χ2n) is 5.27. The van der Waals surface area contributed by atoms with Crippen LogP contribution >= 0.6 is 27.5 Å². The lowest BCUT2D eigenvalue weighted by Crippen LogP contribution is -2.60. The molecule has 5 atom stereocenters. The minimum absolute atomic E-state index is 0.251. The summed E-state index contributed by atoms with van der Waals surface area (Å²) in [5, 5.41) is 40.1. The summed E-state index contributed by atoms with van der Waals surface area (Å²) in [5.74, 6) is 0.251. The van der Waals surface area contributed by atoms with Crippen LogP contribution < -0.4 is 4.74 Å². The number of fused-ring (bicyclic) bond motifs is 1. The molecule has 5 N–H and O–H groups in total. The van der Waals surface area contributed by atoms with E-state index in [2.05, 4.69) is 20.9 Å². The van der Waals surface area contributed by atoms with Crippen LogP contribution in [-0.2, 0) is 4.74 Å². The Balaban J connectivity index is 1.85. The number of ether oxygens (including phenoxy) is 2. The van der Waals surface area contributed by atoms with Crippen molar-refractivity contribution < 1.29 is 29.9 Å². The molecule has 1 fully saturated rings. The lowest BCUT2D eigenvalue weighted by Gasteiger charge is -2.39. The van der Waals surface area contributed by atoms with Gasteiger partial charge >= 0.3 is 0 Å². The zero-order valence-corrected chi connectivity index (χ0v) is 14.0. The van der Waals surface area contributed by atoms with Gasteiger partial charge in [-0.25, -0.2) is 0 Å². The molecule has 126 valence electrons. The Labute approximate surface area is 144 Å². The monoisotopic (exact) mass is 407 g/mol. The van der Waals surface area contributed by atoms with E-state index < -0.39 is 37.3 Å². The first-order valence-electron chi connectivity index (χ1n) is 6.86. The van der Waals surface area contributed by atoms with Crippen LogP contribution in [0.25, 0.3) is 10.9 Å². The second-order valence-corrected chi connectivity index (χ2v) is 6.50. The van der Waals surface area contributed by atoms with E-state index in [0.29, 0.717) is 15.9 Å². The molecule has 1 saturated heterocycles. The summed E-state index contributed by atoms with van der Waals surface area (Å²) >= 11 is 9.51. The lowest BCUT2D eigenvalue weighted by atomic mass is 9.99. The predicted molar refractivity (Wildman–Crippen MR) is 85.4 cm³/mol. The van der Waals surface area contributed by atoms with Gasteiger partial charge in [0, 0.05) is 21.4 Å². The molecule has 3 rings (SSSR count). The van der Waals surface area contributed by atoms with E-state index in [1.165, 1.54) is 0 Å². The van der Waals surface area contributed by atoms with E-state index in [4.69, 9.17) is 26.2 Å². The average Bonchev–Trinajstić information content (AvgIpc) is 2.94. The van der Waals surface area contributed by atoms with Crippen LogP contribution in [-0.4, -0.2) is 62.7 Å². The Morgan fingerprint density at radius 1 is 1.26 bits per heavy atom. The average molecular weight is 409 g/mol. The molecule has 0 bridgehead atoms.